The summed E-state index contributed by atoms with van der Waals surface area (Å²) in [6.07, 6.45) is 0. The molecule has 1 aliphatic heterocycles. The highest BCUT2D eigenvalue weighted by molar-refractivity contribution is 7.89. The molecule has 0 spiro atoms. The number of nitro benzene ring substituents is 1. The first-order valence-electron chi connectivity index (χ1n) is 9.22. The maximum Gasteiger partial charge on any atom is 0.317 e. The lowest BCUT2D eigenvalue weighted by Gasteiger charge is -2.34. The summed E-state index contributed by atoms with van der Waals surface area (Å²) in [4.78, 5) is 24.1. The molecule has 160 valence electrons. The van der Waals surface area contributed by atoms with Crippen LogP contribution >= 0.6 is 0 Å². The number of nitrogens with one attached hydrogen (secondary N) is 1. The minimum Gasteiger partial charge on any atom is -0.496 e. The van der Waals surface area contributed by atoms with Crippen molar-refractivity contribution in [3.05, 3.63) is 64.2 Å². The molecule has 10 nitrogen and oxygen atoms in total. The number of urea groups is 1. The molecule has 0 unspecified atom stereocenters. The molecule has 0 saturated carbocycles. The summed E-state index contributed by atoms with van der Waals surface area (Å²) in [6, 6.07) is 12.0. The van der Waals surface area contributed by atoms with Crippen LogP contribution in [0.15, 0.2) is 53.4 Å². The predicted molar refractivity (Wildman–Crippen MR) is 109 cm³/mol. The fraction of sp³-hybridized carbons (Fsp3) is 0.316. The van der Waals surface area contributed by atoms with Crippen LogP contribution in [0.4, 0.5) is 10.5 Å². The second-order valence-electron chi connectivity index (χ2n) is 6.62. The molecule has 2 aromatic carbocycles. The number of hydrogen-bond acceptors (Lipinski definition) is 6. The zero-order chi connectivity index (χ0) is 21.7. The molecular formula is C19H22N4O6S. The highest BCUT2D eigenvalue weighted by Crippen LogP contribution is 2.22. The van der Waals surface area contributed by atoms with Crippen molar-refractivity contribution in [3.63, 3.8) is 0 Å². The van der Waals surface area contributed by atoms with E-state index in [-0.39, 0.29) is 49.3 Å². The van der Waals surface area contributed by atoms with E-state index >= 15 is 0 Å². The van der Waals surface area contributed by atoms with Gasteiger partial charge in [-0.1, -0.05) is 24.3 Å². The van der Waals surface area contributed by atoms with Gasteiger partial charge in [-0.3, -0.25) is 10.1 Å². The van der Waals surface area contributed by atoms with E-state index in [4.69, 9.17) is 4.74 Å². The Kier molecular flexibility index (Phi) is 6.53. The molecule has 0 bridgehead atoms. The normalized spacial score (nSPS) is 14.9. The van der Waals surface area contributed by atoms with E-state index in [0.717, 1.165) is 11.6 Å². The Morgan fingerprint density at radius 3 is 2.50 bits per heavy atom. The standard InChI is InChI=1S/C19H22N4O6S/c1-29-18-8-3-2-5-15(18)14-20-19(24)21-9-11-22(12-10-21)30(27,28)17-7-4-6-16(13-17)23(25)26/h2-8,13H,9-12,14H2,1H3,(H,20,24). The Morgan fingerprint density at radius 2 is 1.83 bits per heavy atom. The molecule has 1 heterocycles. The Morgan fingerprint density at radius 1 is 1.13 bits per heavy atom. The monoisotopic (exact) mass is 434 g/mol. The van der Waals surface area contributed by atoms with Gasteiger partial charge in [-0.25, -0.2) is 13.2 Å². The van der Waals surface area contributed by atoms with E-state index in [2.05, 4.69) is 5.32 Å². The van der Waals surface area contributed by atoms with Crippen LogP contribution in [-0.2, 0) is 16.6 Å². The van der Waals surface area contributed by atoms with Crippen molar-refractivity contribution in [1.29, 1.82) is 0 Å². The van der Waals surface area contributed by atoms with E-state index in [1.807, 2.05) is 18.2 Å². The number of benzene rings is 2. The molecule has 2 aromatic rings. The first-order chi connectivity index (χ1) is 14.3. The summed E-state index contributed by atoms with van der Waals surface area (Å²) in [5.74, 6) is 0.672. The van der Waals surface area contributed by atoms with Gasteiger partial charge in [0.05, 0.1) is 16.9 Å². The summed E-state index contributed by atoms with van der Waals surface area (Å²) >= 11 is 0. The topological polar surface area (TPSA) is 122 Å². The van der Waals surface area contributed by atoms with Crippen molar-refractivity contribution < 1.29 is 22.9 Å². The van der Waals surface area contributed by atoms with Crippen molar-refractivity contribution in [1.82, 2.24) is 14.5 Å². The third-order valence-electron chi connectivity index (χ3n) is 4.81. The quantitative estimate of drug-likeness (QED) is 0.547. The molecule has 0 aliphatic carbocycles. The summed E-state index contributed by atoms with van der Waals surface area (Å²) in [7, 11) is -2.32. The largest absolute Gasteiger partial charge is 0.496 e. The Bertz CT molecular complexity index is 1030. The van der Waals surface area contributed by atoms with Crippen molar-refractivity contribution in [3.8, 4) is 5.75 Å². The molecule has 0 radical (unpaired) electrons. The fourth-order valence-corrected chi connectivity index (χ4v) is 4.63. The molecule has 1 N–H and O–H groups in total. The minimum atomic E-state index is -3.88. The first kappa shape index (κ1) is 21.5. The zero-order valence-electron chi connectivity index (χ0n) is 16.4. The third-order valence-corrected chi connectivity index (χ3v) is 6.71. The van der Waals surface area contributed by atoms with Gasteiger partial charge in [0.15, 0.2) is 0 Å². The maximum atomic E-state index is 12.8. The number of non-ortho nitro benzene ring substituents is 1. The number of carbonyl (C=O) groups is 1. The number of carbonyl (C=O) groups excluding carboxylic acids is 1. The second-order valence-corrected chi connectivity index (χ2v) is 8.55. The van der Waals surface area contributed by atoms with E-state index in [1.54, 1.807) is 13.2 Å². The van der Waals surface area contributed by atoms with Gasteiger partial charge in [0.25, 0.3) is 5.69 Å². The van der Waals surface area contributed by atoms with E-state index in [9.17, 15) is 23.3 Å². The lowest BCUT2D eigenvalue weighted by molar-refractivity contribution is -0.385. The fourth-order valence-electron chi connectivity index (χ4n) is 3.17. The van der Waals surface area contributed by atoms with Crippen LogP contribution in [0.25, 0.3) is 0 Å². The highest BCUT2D eigenvalue weighted by atomic mass is 32.2. The van der Waals surface area contributed by atoms with Crippen LogP contribution in [0.2, 0.25) is 0 Å². The van der Waals surface area contributed by atoms with Crippen LogP contribution in [0.1, 0.15) is 5.56 Å². The molecule has 0 atom stereocenters. The molecule has 1 fully saturated rings. The number of amides is 2. The lowest BCUT2D eigenvalue weighted by atomic mass is 10.2. The van der Waals surface area contributed by atoms with Gasteiger partial charge in [-0.05, 0) is 12.1 Å². The Labute approximate surface area is 174 Å². The SMILES string of the molecule is COc1ccccc1CNC(=O)N1CCN(S(=O)(=O)c2cccc([N+](=O)[O-])c2)CC1. The summed E-state index contributed by atoms with van der Waals surface area (Å²) in [5.41, 5.74) is 0.547. The third kappa shape index (κ3) is 4.69. The summed E-state index contributed by atoms with van der Waals surface area (Å²) in [5, 5.41) is 13.7. The number of ether oxygens (including phenoxy) is 1. The average Bonchev–Trinajstić information content (AvgIpc) is 2.77. The lowest BCUT2D eigenvalue weighted by Crippen LogP contribution is -2.52. The minimum absolute atomic E-state index is 0.104. The number of nitro groups is 1. The Balaban J connectivity index is 1.59. The Hall–Kier alpha value is -3.18. The molecule has 3 rings (SSSR count). The number of rotatable bonds is 6. The number of sulfonamides is 1. The van der Waals surface area contributed by atoms with Crippen molar-refractivity contribution in [2.75, 3.05) is 33.3 Å². The van der Waals surface area contributed by atoms with Crippen LogP contribution in [0.3, 0.4) is 0 Å². The van der Waals surface area contributed by atoms with Crippen molar-refractivity contribution >= 4 is 21.7 Å². The number of piperazine rings is 1. The molecule has 11 heteroatoms. The first-order valence-corrected chi connectivity index (χ1v) is 10.7. The highest BCUT2D eigenvalue weighted by Gasteiger charge is 2.31. The van der Waals surface area contributed by atoms with Gasteiger partial charge in [0.2, 0.25) is 10.0 Å². The van der Waals surface area contributed by atoms with E-state index in [1.165, 1.54) is 27.4 Å². The summed E-state index contributed by atoms with van der Waals surface area (Å²) < 4.78 is 32.1. The van der Waals surface area contributed by atoms with Crippen LogP contribution in [0.5, 0.6) is 5.75 Å². The number of methoxy groups -OCH3 is 1. The maximum absolute atomic E-state index is 12.8. The molecule has 30 heavy (non-hydrogen) atoms. The van der Waals surface area contributed by atoms with E-state index < -0.39 is 14.9 Å². The predicted octanol–water partition coefficient (Wildman–Crippen LogP) is 1.82. The van der Waals surface area contributed by atoms with Crippen molar-refractivity contribution in [2.45, 2.75) is 11.4 Å². The van der Waals surface area contributed by atoms with Gasteiger partial charge in [-0.2, -0.15) is 4.31 Å². The van der Waals surface area contributed by atoms with Crippen LogP contribution < -0.4 is 10.1 Å². The zero-order valence-corrected chi connectivity index (χ0v) is 17.2. The van der Waals surface area contributed by atoms with Crippen LogP contribution in [-0.4, -0.2) is 61.9 Å². The van der Waals surface area contributed by atoms with Gasteiger partial charge in [0, 0.05) is 50.4 Å². The summed E-state index contributed by atoms with van der Waals surface area (Å²) in [6.45, 7) is 0.924. The second kappa shape index (κ2) is 9.09. The van der Waals surface area contributed by atoms with Crippen molar-refractivity contribution in [2.24, 2.45) is 0 Å². The van der Waals surface area contributed by atoms with Gasteiger partial charge in [-0.15, -0.1) is 0 Å². The molecule has 1 saturated heterocycles. The van der Waals surface area contributed by atoms with Gasteiger partial charge >= 0.3 is 6.03 Å². The van der Waals surface area contributed by atoms with Gasteiger partial charge < -0.3 is 15.0 Å². The average molecular weight is 434 g/mol. The van der Waals surface area contributed by atoms with Gasteiger partial charge in [0.1, 0.15) is 5.75 Å². The number of hydrogen-bond donors (Lipinski definition) is 1. The number of para-hydroxylation sites is 1. The molecule has 2 amide bonds. The molecule has 0 aromatic heterocycles. The smallest absolute Gasteiger partial charge is 0.317 e. The number of nitrogens with zero attached hydrogens (tertiary/aromatic N) is 3. The van der Waals surface area contributed by atoms with Crippen LogP contribution in [0, 0.1) is 10.1 Å². The van der Waals surface area contributed by atoms with E-state index in [0.29, 0.717) is 5.75 Å². The molecule has 1 aliphatic rings. The molecular weight excluding hydrogens is 412 g/mol.